The van der Waals surface area contributed by atoms with Crippen molar-refractivity contribution in [2.45, 2.75) is 39.8 Å². The number of pyridine rings is 1. The predicted molar refractivity (Wildman–Crippen MR) is 165 cm³/mol. The fourth-order valence-electron chi connectivity index (χ4n) is 5.03. The summed E-state index contributed by atoms with van der Waals surface area (Å²) in [4.78, 5) is 40.0. The van der Waals surface area contributed by atoms with E-state index in [1.165, 1.54) is 4.57 Å². The largest absolute Gasteiger partial charge is 0.508 e. The summed E-state index contributed by atoms with van der Waals surface area (Å²) >= 11 is 0. The molecule has 0 saturated carbocycles. The summed E-state index contributed by atoms with van der Waals surface area (Å²) in [5, 5.41) is 22.7. The molecule has 3 heterocycles. The van der Waals surface area contributed by atoms with Crippen LogP contribution in [0.5, 0.6) is 5.75 Å². The molecule has 0 atom stereocenters. The quantitative estimate of drug-likeness (QED) is 0.253. The Hall–Kier alpha value is -4.68. The van der Waals surface area contributed by atoms with Crippen molar-refractivity contribution in [3.05, 3.63) is 70.6 Å². The van der Waals surface area contributed by atoms with Crippen LogP contribution in [-0.4, -0.2) is 69.4 Å². The van der Waals surface area contributed by atoms with Gasteiger partial charge in [0.05, 0.1) is 37.7 Å². The average Bonchev–Trinajstić information content (AvgIpc) is 2.95. The van der Waals surface area contributed by atoms with E-state index in [0.717, 1.165) is 5.56 Å². The van der Waals surface area contributed by atoms with Gasteiger partial charge in [-0.3, -0.25) is 14.3 Å². The Labute approximate surface area is 249 Å². The maximum atomic E-state index is 14.2. The average molecular weight is 589 g/mol. The van der Waals surface area contributed by atoms with E-state index in [1.807, 2.05) is 50.8 Å². The molecule has 226 valence electrons. The maximum absolute atomic E-state index is 14.2. The molecule has 12 heteroatoms. The van der Waals surface area contributed by atoms with E-state index in [4.69, 9.17) is 14.6 Å². The lowest BCUT2D eigenvalue weighted by Crippen LogP contribution is -2.46. The number of phenols is 1. The number of phenolic OH excluding ortho intramolecular Hbond substituents is 1. The highest BCUT2D eigenvalue weighted by Gasteiger charge is 2.33. The highest BCUT2D eigenvalue weighted by molar-refractivity contribution is 5.97. The number of para-hydroxylation sites is 1. The topological polar surface area (TPSA) is 142 Å². The van der Waals surface area contributed by atoms with Gasteiger partial charge in [-0.25, -0.2) is 9.78 Å². The summed E-state index contributed by atoms with van der Waals surface area (Å²) in [5.41, 5.74) is 2.71. The van der Waals surface area contributed by atoms with Crippen molar-refractivity contribution >= 4 is 45.8 Å². The van der Waals surface area contributed by atoms with E-state index in [2.05, 4.69) is 15.3 Å². The first-order chi connectivity index (χ1) is 20.6. The second kappa shape index (κ2) is 12.3. The minimum atomic E-state index is -0.657. The van der Waals surface area contributed by atoms with Crippen molar-refractivity contribution in [2.24, 2.45) is 0 Å². The van der Waals surface area contributed by atoms with Crippen molar-refractivity contribution < 1.29 is 24.5 Å². The number of hydrogen-bond acceptors (Lipinski definition) is 10. The van der Waals surface area contributed by atoms with Crippen molar-refractivity contribution in [1.82, 2.24) is 14.5 Å². The van der Waals surface area contributed by atoms with Gasteiger partial charge < -0.3 is 29.9 Å². The Bertz CT molecular complexity index is 1700. The smallest absolute Gasteiger partial charge is 0.414 e. The third-order valence-electron chi connectivity index (χ3n) is 6.83. The van der Waals surface area contributed by atoms with Crippen LogP contribution in [0.1, 0.15) is 26.3 Å². The van der Waals surface area contributed by atoms with Gasteiger partial charge in [-0.05, 0) is 57.5 Å². The molecule has 1 aliphatic rings. The van der Waals surface area contributed by atoms with E-state index >= 15 is 0 Å². The number of ether oxygens (including phenoxy) is 2. The summed E-state index contributed by atoms with van der Waals surface area (Å²) in [6.07, 6.45) is 1.19. The van der Waals surface area contributed by atoms with Crippen LogP contribution in [0.25, 0.3) is 11.0 Å². The molecule has 0 spiro atoms. The molecule has 1 aliphatic heterocycles. The molecule has 0 unspecified atom stereocenters. The van der Waals surface area contributed by atoms with Gasteiger partial charge in [-0.1, -0.05) is 18.2 Å². The highest BCUT2D eigenvalue weighted by atomic mass is 16.6. The monoisotopic (exact) mass is 588 g/mol. The minimum absolute atomic E-state index is 0.0932. The SMILES string of the molecule is Cc1cccc2c1N(C(=O)OC(C)(C)C)CCN2c1cc2cnc(Nc3cccc(O)c3)nc2n(CCOCCO)c1=O. The number of aromatic hydroxyl groups is 1. The molecule has 0 bridgehead atoms. The Morgan fingerprint density at radius 3 is 2.60 bits per heavy atom. The molecule has 0 saturated heterocycles. The molecule has 4 aromatic rings. The number of anilines is 5. The summed E-state index contributed by atoms with van der Waals surface area (Å²) in [7, 11) is 0. The Kier molecular flexibility index (Phi) is 8.51. The number of carbonyl (C=O) groups excluding carboxylic acids is 1. The molecule has 0 radical (unpaired) electrons. The zero-order valence-corrected chi connectivity index (χ0v) is 24.7. The van der Waals surface area contributed by atoms with E-state index in [9.17, 15) is 14.7 Å². The Morgan fingerprint density at radius 2 is 1.86 bits per heavy atom. The first-order valence-electron chi connectivity index (χ1n) is 14.1. The number of aliphatic hydroxyl groups excluding tert-OH is 1. The number of carbonyl (C=O) groups is 1. The van der Waals surface area contributed by atoms with Gasteiger partial charge in [0.25, 0.3) is 5.56 Å². The van der Waals surface area contributed by atoms with Crippen LogP contribution in [-0.2, 0) is 16.0 Å². The van der Waals surface area contributed by atoms with Crippen LogP contribution < -0.4 is 20.7 Å². The van der Waals surface area contributed by atoms with Crippen molar-refractivity contribution in [3.63, 3.8) is 0 Å². The van der Waals surface area contributed by atoms with Crippen LogP contribution in [0.15, 0.2) is 59.5 Å². The molecule has 0 aliphatic carbocycles. The van der Waals surface area contributed by atoms with Gasteiger partial charge in [0.1, 0.15) is 22.7 Å². The molecule has 1 amide bonds. The third kappa shape index (κ3) is 6.55. The fraction of sp³-hybridized carbons (Fsp3) is 0.355. The number of hydrogen-bond donors (Lipinski definition) is 3. The number of nitrogens with zero attached hydrogens (tertiary/aromatic N) is 5. The standard InChI is InChI=1S/C31H36N6O6/c1-20-7-5-10-24-26(20)36(30(41)43-31(2,3)4)12-11-35(24)25-17-21-19-32-29(33-22-8-6-9-23(39)18-22)34-27(21)37(28(25)40)13-15-42-16-14-38/h5-10,17-19,38-39H,11-16H2,1-4H3,(H,32,33,34). The molecule has 12 nitrogen and oxygen atoms in total. The lowest BCUT2D eigenvalue weighted by atomic mass is 10.1. The van der Waals surface area contributed by atoms with E-state index in [0.29, 0.717) is 46.9 Å². The number of benzene rings is 2. The zero-order valence-electron chi connectivity index (χ0n) is 24.7. The molecular weight excluding hydrogens is 552 g/mol. The van der Waals surface area contributed by atoms with Crippen molar-refractivity contribution in [1.29, 1.82) is 0 Å². The highest BCUT2D eigenvalue weighted by Crippen LogP contribution is 2.40. The lowest BCUT2D eigenvalue weighted by Gasteiger charge is -2.39. The Balaban J connectivity index is 1.58. The molecule has 3 N–H and O–H groups in total. The number of fused-ring (bicyclic) bond motifs is 2. The Morgan fingerprint density at radius 1 is 1.07 bits per heavy atom. The summed E-state index contributed by atoms with van der Waals surface area (Å²) in [6.45, 7) is 8.45. The van der Waals surface area contributed by atoms with E-state index in [-0.39, 0.29) is 43.6 Å². The number of aryl methyl sites for hydroxylation is 1. The second-order valence-electron chi connectivity index (χ2n) is 11.2. The summed E-state index contributed by atoms with van der Waals surface area (Å²) in [5.74, 6) is 0.345. The van der Waals surface area contributed by atoms with Crippen LogP contribution in [0.2, 0.25) is 0 Å². The van der Waals surface area contributed by atoms with E-state index < -0.39 is 11.7 Å². The third-order valence-corrected chi connectivity index (χ3v) is 6.83. The van der Waals surface area contributed by atoms with Gasteiger partial charge in [-0.2, -0.15) is 4.98 Å². The number of amides is 1. The minimum Gasteiger partial charge on any atom is -0.508 e. The van der Waals surface area contributed by atoms with Crippen LogP contribution in [0.3, 0.4) is 0 Å². The predicted octanol–water partition coefficient (Wildman–Crippen LogP) is 4.45. The molecular formula is C31H36N6O6. The number of nitrogens with one attached hydrogen (secondary N) is 1. The first-order valence-corrected chi connectivity index (χ1v) is 14.1. The normalized spacial score (nSPS) is 13.2. The van der Waals surface area contributed by atoms with Gasteiger partial charge in [0, 0.05) is 36.4 Å². The van der Waals surface area contributed by atoms with Gasteiger partial charge in [-0.15, -0.1) is 0 Å². The van der Waals surface area contributed by atoms with Gasteiger partial charge >= 0.3 is 6.09 Å². The number of rotatable bonds is 8. The molecule has 5 rings (SSSR count). The molecule has 43 heavy (non-hydrogen) atoms. The lowest BCUT2D eigenvalue weighted by molar-refractivity contribution is 0.0580. The molecule has 0 fully saturated rings. The van der Waals surface area contributed by atoms with E-state index in [1.54, 1.807) is 41.4 Å². The molecule has 2 aromatic heterocycles. The number of aliphatic hydroxyl groups is 1. The summed E-state index contributed by atoms with van der Waals surface area (Å²) in [6, 6.07) is 14.0. The van der Waals surface area contributed by atoms with Crippen LogP contribution >= 0.6 is 0 Å². The second-order valence-corrected chi connectivity index (χ2v) is 11.2. The van der Waals surface area contributed by atoms with Gasteiger partial charge in [0.15, 0.2) is 0 Å². The van der Waals surface area contributed by atoms with Crippen LogP contribution in [0.4, 0.5) is 33.5 Å². The maximum Gasteiger partial charge on any atom is 0.414 e. The summed E-state index contributed by atoms with van der Waals surface area (Å²) < 4.78 is 12.7. The fourth-order valence-corrected chi connectivity index (χ4v) is 5.03. The number of aromatic nitrogens is 3. The van der Waals surface area contributed by atoms with Crippen LogP contribution in [0, 0.1) is 6.92 Å². The van der Waals surface area contributed by atoms with Crippen molar-refractivity contribution in [2.75, 3.05) is 48.0 Å². The van der Waals surface area contributed by atoms with Crippen molar-refractivity contribution in [3.8, 4) is 5.75 Å². The zero-order chi connectivity index (χ0) is 30.7. The first kappa shape index (κ1) is 29.8. The molecule has 2 aromatic carbocycles. The van der Waals surface area contributed by atoms with Gasteiger partial charge in [0.2, 0.25) is 5.95 Å².